The monoisotopic (exact) mass is 452 g/mol. The lowest BCUT2D eigenvalue weighted by Crippen LogP contribution is -2.67. The number of ether oxygens (including phenoxy) is 1. The molecule has 4 nitrogen and oxygen atoms in total. The highest BCUT2D eigenvalue weighted by atomic mass is 28.4. The highest BCUT2D eigenvalue weighted by Crippen LogP contribution is 2.37. The average Bonchev–Trinajstić information content (AvgIpc) is 2.76. The molecule has 2 aromatic rings. The maximum Gasteiger partial charge on any atom is 0.303 e. The molecule has 0 fully saturated rings. The Bertz CT molecular complexity index is 870. The van der Waals surface area contributed by atoms with Gasteiger partial charge in [0.1, 0.15) is 0 Å². The highest BCUT2D eigenvalue weighted by Gasteiger charge is 2.50. The van der Waals surface area contributed by atoms with Crippen molar-refractivity contribution in [2.75, 3.05) is 13.2 Å². The minimum absolute atomic E-state index is 0.0410. The summed E-state index contributed by atoms with van der Waals surface area (Å²) >= 11 is 0. The van der Waals surface area contributed by atoms with E-state index in [1.807, 2.05) is 26.0 Å². The van der Waals surface area contributed by atoms with Gasteiger partial charge in [0.15, 0.2) is 6.61 Å². The molecule has 0 heterocycles. The van der Waals surface area contributed by atoms with Crippen molar-refractivity contribution in [1.29, 1.82) is 0 Å². The normalized spacial score (nSPS) is 14.6. The molecule has 0 bridgehead atoms. The standard InChI is InChI=1S/C27H36O4Si/c1-21(14-13-19-30-23(3)28)26(29)22(2)20-31-32(27(4,5)6,24-15-9-7-10-16-24)25-17-11-8-12-18-25/h7-12,15-18,21-22,26,29H,19-20H2,1-6H3/t21-,22+,26-/m1/s1. The Kier molecular flexibility index (Phi) is 9.27. The number of hydrogen-bond donors (Lipinski definition) is 1. The Morgan fingerprint density at radius 1 is 1.00 bits per heavy atom. The number of rotatable bonds is 8. The van der Waals surface area contributed by atoms with E-state index in [9.17, 15) is 9.90 Å². The van der Waals surface area contributed by atoms with E-state index in [0.717, 1.165) is 0 Å². The second kappa shape index (κ2) is 11.5. The molecule has 0 aromatic heterocycles. The van der Waals surface area contributed by atoms with Crippen LogP contribution in [0, 0.1) is 23.7 Å². The van der Waals surface area contributed by atoms with Crippen LogP contribution >= 0.6 is 0 Å². The second-order valence-corrected chi connectivity index (χ2v) is 13.6. The number of carbonyl (C=O) groups is 1. The first kappa shape index (κ1) is 25.9. The summed E-state index contributed by atoms with van der Waals surface area (Å²) in [7, 11) is -2.64. The molecule has 2 aromatic carbocycles. The van der Waals surface area contributed by atoms with Gasteiger partial charge in [-0.2, -0.15) is 0 Å². The molecule has 2 rings (SSSR count). The molecule has 0 saturated carbocycles. The number of aliphatic hydroxyl groups excluding tert-OH is 1. The van der Waals surface area contributed by atoms with E-state index < -0.39 is 14.4 Å². The van der Waals surface area contributed by atoms with Gasteiger partial charge in [0.25, 0.3) is 8.32 Å². The van der Waals surface area contributed by atoms with E-state index in [1.165, 1.54) is 17.3 Å². The van der Waals surface area contributed by atoms with Crippen molar-refractivity contribution in [2.24, 2.45) is 11.8 Å². The molecule has 0 aliphatic rings. The molecule has 1 N–H and O–H groups in total. The lowest BCUT2D eigenvalue weighted by Gasteiger charge is -2.44. The molecule has 32 heavy (non-hydrogen) atoms. The van der Waals surface area contributed by atoms with Gasteiger partial charge in [-0.3, -0.25) is 4.79 Å². The second-order valence-electron chi connectivity index (χ2n) is 9.33. The number of hydrogen-bond acceptors (Lipinski definition) is 4. The first-order valence-corrected chi connectivity index (χ1v) is 13.0. The van der Waals surface area contributed by atoms with Crippen molar-refractivity contribution in [3.8, 4) is 11.8 Å². The van der Waals surface area contributed by atoms with Crippen LogP contribution in [-0.4, -0.2) is 38.7 Å². The SMILES string of the molecule is CC(=O)OCC#C[C@@H](C)[C@@H](O)[C@@H](C)CO[Si](c1ccccc1)(c1ccccc1)C(C)(C)C. The summed E-state index contributed by atoms with van der Waals surface area (Å²) in [5, 5.41) is 13.2. The lowest BCUT2D eigenvalue weighted by molar-refractivity contribution is -0.139. The van der Waals surface area contributed by atoms with E-state index in [1.54, 1.807) is 0 Å². The van der Waals surface area contributed by atoms with Crippen LogP contribution in [-0.2, 0) is 14.0 Å². The molecule has 0 radical (unpaired) electrons. The largest absolute Gasteiger partial charge is 0.453 e. The van der Waals surface area contributed by atoms with Crippen LogP contribution in [0.2, 0.25) is 5.04 Å². The minimum Gasteiger partial charge on any atom is -0.453 e. The van der Waals surface area contributed by atoms with Crippen molar-refractivity contribution in [3.05, 3.63) is 60.7 Å². The topological polar surface area (TPSA) is 55.8 Å². The molecule has 0 unspecified atom stereocenters. The van der Waals surface area contributed by atoms with Crippen LogP contribution in [0.3, 0.4) is 0 Å². The summed E-state index contributed by atoms with van der Waals surface area (Å²) in [4.78, 5) is 10.9. The molecule has 0 aliphatic heterocycles. The first-order valence-electron chi connectivity index (χ1n) is 11.1. The fourth-order valence-corrected chi connectivity index (χ4v) is 8.70. The maximum atomic E-state index is 10.9. The molecule has 172 valence electrons. The van der Waals surface area contributed by atoms with Crippen molar-refractivity contribution >= 4 is 24.7 Å². The summed E-state index contributed by atoms with van der Waals surface area (Å²) < 4.78 is 11.8. The third-order valence-corrected chi connectivity index (χ3v) is 10.8. The van der Waals surface area contributed by atoms with E-state index >= 15 is 0 Å². The summed E-state index contributed by atoms with van der Waals surface area (Å²) in [5.41, 5.74) is 0. The smallest absolute Gasteiger partial charge is 0.303 e. The maximum absolute atomic E-state index is 10.9. The zero-order chi connectivity index (χ0) is 23.8. The molecular formula is C27H36O4Si. The Hall–Kier alpha value is -2.39. The van der Waals surface area contributed by atoms with Gasteiger partial charge in [-0.25, -0.2) is 0 Å². The molecular weight excluding hydrogens is 416 g/mol. The van der Waals surface area contributed by atoms with Crippen LogP contribution in [0.15, 0.2) is 60.7 Å². The number of benzene rings is 2. The van der Waals surface area contributed by atoms with Gasteiger partial charge in [-0.05, 0) is 22.3 Å². The van der Waals surface area contributed by atoms with Gasteiger partial charge >= 0.3 is 5.97 Å². The average molecular weight is 453 g/mol. The quantitative estimate of drug-likeness (QED) is 0.376. The van der Waals surface area contributed by atoms with Crippen molar-refractivity contribution < 1.29 is 19.1 Å². The summed E-state index contributed by atoms with van der Waals surface area (Å²) in [6.45, 7) is 12.4. The Labute approximate surface area is 194 Å². The van der Waals surface area contributed by atoms with Gasteiger partial charge in [0, 0.05) is 25.4 Å². The predicted molar refractivity (Wildman–Crippen MR) is 132 cm³/mol. The Morgan fingerprint density at radius 2 is 1.50 bits per heavy atom. The van der Waals surface area contributed by atoms with Crippen LogP contribution in [0.5, 0.6) is 0 Å². The summed E-state index contributed by atoms with van der Waals surface area (Å²) in [6, 6.07) is 21.0. The van der Waals surface area contributed by atoms with Crippen molar-refractivity contribution in [2.45, 2.75) is 52.7 Å². The zero-order valence-electron chi connectivity index (χ0n) is 20.1. The van der Waals surface area contributed by atoms with Crippen LogP contribution in [0.4, 0.5) is 0 Å². The summed E-state index contributed by atoms with van der Waals surface area (Å²) in [5.74, 6) is 5.06. The van der Waals surface area contributed by atoms with E-state index in [0.29, 0.717) is 6.61 Å². The highest BCUT2D eigenvalue weighted by molar-refractivity contribution is 6.99. The molecule has 0 amide bonds. The molecule has 0 spiro atoms. The van der Waals surface area contributed by atoms with E-state index in [4.69, 9.17) is 9.16 Å². The fourth-order valence-electron chi connectivity index (χ4n) is 4.04. The molecule has 0 aliphatic carbocycles. The van der Waals surface area contributed by atoms with Crippen LogP contribution < -0.4 is 10.4 Å². The third-order valence-electron chi connectivity index (χ3n) is 5.75. The Balaban J connectivity index is 2.28. The number of aliphatic hydroxyl groups is 1. The minimum atomic E-state index is -2.64. The lowest BCUT2D eigenvalue weighted by atomic mass is 9.94. The number of carbonyl (C=O) groups excluding carboxylic acids is 1. The van der Waals surface area contributed by atoms with Crippen molar-refractivity contribution in [3.63, 3.8) is 0 Å². The van der Waals surface area contributed by atoms with Gasteiger partial charge in [0.05, 0.1) is 6.10 Å². The molecule has 5 heteroatoms. The van der Waals surface area contributed by atoms with E-state index in [2.05, 4.69) is 81.1 Å². The summed E-state index contributed by atoms with van der Waals surface area (Å²) in [6.07, 6.45) is -0.655. The zero-order valence-corrected chi connectivity index (χ0v) is 21.1. The van der Waals surface area contributed by atoms with Crippen LogP contribution in [0.25, 0.3) is 0 Å². The Morgan fingerprint density at radius 3 is 1.94 bits per heavy atom. The first-order chi connectivity index (χ1) is 15.1. The van der Waals surface area contributed by atoms with Crippen molar-refractivity contribution in [1.82, 2.24) is 0 Å². The van der Waals surface area contributed by atoms with Gasteiger partial charge in [-0.1, -0.05) is 100 Å². The van der Waals surface area contributed by atoms with Gasteiger partial charge in [-0.15, -0.1) is 0 Å². The molecule has 3 atom stereocenters. The fraction of sp³-hybridized carbons (Fsp3) is 0.444. The van der Waals surface area contributed by atoms with E-state index in [-0.39, 0.29) is 29.5 Å². The number of esters is 1. The third kappa shape index (κ3) is 6.32. The molecule has 0 saturated heterocycles. The predicted octanol–water partition coefficient (Wildman–Crippen LogP) is 3.76. The van der Waals surface area contributed by atoms with Crippen LogP contribution in [0.1, 0.15) is 41.5 Å². The van der Waals surface area contributed by atoms with Gasteiger partial charge < -0.3 is 14.3 Å². The van der Waals surface area contributed by atoms with Gasteiger partial charge in [0.2, 0.25) is 0 Å².